The third-order valence-electron chi connectivity index (χ3n) is 9.54. The van der Waals surface area contributed by atoms with Crippen molar-refractivity contribution in [3.05, 3.63) is 65.5 Å². The van der Waals surface area contributed by atoms with Crippen LogP contribution < -0.4 is 0 Å². The van der Waals surface area contributed by atoms with Crippen molar-refractivity contribution in [3.63, 3.8) is 0 Å². The Morgan fingerprint density at radius 3 is 2.41 bits per heavy atom. The number of carbonyl (C=O) groups excluding carboxylic acids is 2. The van der Waals surface area contributed by atoms with Gasteiger partial charge in [0.05, 0.1) is 12.1 Å². The molecule has 0 atom stereocenters. The maximum Gasteiger partial charge on any atom is 0.321 e. The van der Waals surface area contributed by atoms with E-state index in [1.165, 1.54) is 24.8 Å². The fourth-order valence-corrected chi connectivity index (χ4v) is 6.94. The standard InChI is InChI=1S/C31H42N4O2/c1-4-25-20-32-18-13-26(25)19-28(36)22-34-23-30(35(29(34)37)21-24-9-8-10-24)14-16-31(17-15-30,33(2)3)27-11-6-5-7-12-27/h5-7,11-13,18,20,24H,4,8-10,14-17,19,21-23H2,1-3H3. The molecule has 198 valence electrons. The Morgan fingerprint density at radius 1 is 1.05 bits per heavy atom. The number of carbonyl (C=O) groups is 2. The van der Waals surface area contributed by atoms with Gasteiger partial charge in [0, 0.05) is 37.4 Å². The van der Waals surface area contributed by atoms with Gasteiger partial charge in [-0.2, -0.15) is 0 Å². The summed E-state index contributed by atoms with van der Waals surface area (Å²) in [5.74, 6) is 0.715. The van der Waals surface area contributed by atoms with E-state index in [2.05, 4.69) is 66.1 Å². The van der Waals surface area contributed by atoms with Crippen LogP contribution >= 0.6 is 0 Å². The monoisotopic (exact) mass is 502 g/mol. The number of ketones is 1. The number of hydrogen-bond donors (Lipinski definition) is 0. The van der Waals surface area contributed by atoms with E-state index < -0.39 is 0 Å². The molecule has 1 spiro atoms. The molecule has 1 aromatic carbocycles. The van der Waals surface area contributed by atoms with Crippen LogP contribution in [0.5, 0.6) is 0 Å². The number of benzene rings is 1. The zero-order valence-corrected chi connectivity index (χ0v) is 22.8. The van der Waals surface area contributed by atoms with E-state index in [4.69, 9.17) is 0 Å². The second-order valence-corrected chi connectivity index (χ2v) is 11.8. The number of aromatic nitrogens is 1. The van der Waals surface area contributed by atoms with Gasteiger partial charge in [-0.05, 0) is 87.7 Å². The van der Waals surface area contributed by atoms with Gasteiger partial charge in [-0.15, -0.1) is 0 Å². The Hall–Kier alpha value is -2.73. The Balaban J connectivity index is 1.34. The first-order valence-corrected chi connectivity index (χ1v) is 14.1. The Kier molecular flexibility index (Phi) is 7.39. The Morgan fingerprint density at radius 2 is 1.78 bits per heavy atom. The lowest BCUT2D eigenvalue weighted by molar-refractivity contribution is -0.119. The van der Waals surface area contributed by atoms with Crippen molar-refractivity contribution in [1.82, 2.24) is 19.7 Å². The average Bonchev–Trinajstić information content (AvgIpc) is 3.12. The zero-order chi connectivity index (χ0) is 26.0. The van der Waals surface area contributed by atoms with E-state index in [0.29, 0.717) is 18.9 Å². The number of amides is 2. The second kappa shape index (κ2) is 10.6. The normalized spacial score (nSPS) is 26.2. The molecule has 2 amide bonds. The molecular weight excluding hydrogens is 460 g/mol. The topological polar surface area (TPSA) is 56.8 Å². The summed E-state index contributed by atoms with van der Waals surface area (Å²) in [6.45, 7) is 3.79. The molecule has 6 heteroatoms. The highest BCUT2D eigenvalue weighted by Gasteiger charge is 2.55. The molecule has 0 bridgehead atoms. The van der Waals surface area contributed by atoms with Gasteiger partial charge in [-0.3, -0.25) is 14.7 Å². The minimum atomic E-state index is -0.174. The van der Waals surface area contributed by atoms with Crippen molar-refractivity contribution in [2.24, 2.45) is 5.92 Å². The van der Waals surface area contributed by atoms with E-state index in [9.17, 15) is 9.59 Å². The van der Waals surface area contributed by atoms with E-state index in [1.54, 1.807) is 6.20 Å². The maximum absolute atomic E-state index is 13.8. The lowest BCUT2D eigenvalue weighted by Crippen LogP contribution is -2.56. The number of hydrogen-bond acceptors (Lipinski definition) is 4. The lowest BCUT2D eigenvalue weighted by atomic mass is 9.68. The molecule has 37 heavy (non-hydrogen) atoms. The Bertz CT molecular complexity index is 1100. The van der Waals surface area contributed by atoms with E-state index >= 15 is 0 Å². The summed E-state index contributed by atoms with van der Waals surface area (Å²) in [5, 5.41) is 0. The summed E-state index contributed by atoms with van der Waals surface area (Å²) in [7, 11) is 4.37. The summed E-state index contributed by atoms with van der Waals surface area (Å²) in [5.41, 5.74) is 3.32. The van der Waals surface area contributed by atoms with Gasteiger partial charge in [0.15, 0.2) is 5.78 Å². The summed E-state index contributed by atoms with van der Waals surface area (Å²) >= 11 is 0. The minimum Gasteiger partial charge on any atom is -0.317 e. The van der Waals surface area contributed by atoms with Crippen LogP contribution in [-0.4, -0.2) is 70.8 Å². The number of rotatable bonds is 9. The maximum atomic E-state index is 13.8. The first-order chi connectivity index (χ1) is 17.9. The predicted octanol–water partition coefficient (Wildman–Crippen LogP) is 5.06. The number of nitrogens with zero attached hydrogens (tertiary/aromatic N) is 4. The average molecular weight is 503 g/mol. The molecule has 1 aromatic heterocycles. The van der Waals surface area contributed by atoms with Gasteiger partial charge in [0.2, 0.25) is 0 Å². The summed E-state index contributed by atoms with van der Waals surface area (Å²) in [4.78, 5) is 37.6. The molecule has 2 heterocycles. The van der Waals surface area contributed by atoms with Gasteiger partial charge in [-0.1, -0.05) is 43.7 Å². The van der Waals surface area contributed by atoms with Gasteiger partial charge in [0.1, 0.15) is 0 Å². The molecule has 1 saturated heterocycles. The third kappa shape index (κ3) is 4.93. The van der Waals surface area contributed by atoms with E-state index in [1.807, 2.05) is 17.2 Å². The van der Waals surface area contributed by atoms with Crippen molar-refractivity contribution >= 4 is 11.8 Å². The number of Topliss-reactive ketones (excluding diaryl/α,β-unsaturated/α-hetero) is 1. The molecule has 5 rings (SSSR count). The van der Waals surface area contributed by atoms with Crippen molar-refractivity contribution in [2.75, 3.05) is 33.7 Å². The minimum absolute atomic E-state index is 0.0150. The molecule has 1 aliphatic heterocycles. The van der Waals surface area contributed by atoms with Crippen molar-refractivity contribution in [3.8, 4) is 0 Å². The summed E-state index contributed by atoms with van der Waals surface area (Å²) in [6.07, 6.45) is 12.5. The smallest absolute Gasteiger partial charge is 0.317 e. The molecule has 0 unspecified atom stereocenters. The van der Waals surface area contributed by atoms with Crippen LogP contribution in [0.4, 0.5) is 4.79 Å². The Labute approximate surface area is 222 Å². The molecule has 0 N–H and O–H groups in total. The van der Waals surface area contributed by atoms with E-state index in [-0.39, 0.29) is 29.4 Å². The van der Waals surface area contributed by atoms with Crippen molar-refractivity contribution in [2.45, 2.75) is 75.8 Å². The lowest BCUT2D eigenvalue weighted by Gasteiger charge is -2.51. The molecule has 2 saturated carbocycles. The highest BCUT2D eigenvalue weighted by Crippen LogP contribution is 2.49. The fourth-order valence-electron chi connectivity index (χ4n) is 6.94. The zero-order valence-electron chi connectivity index (χ0n) is 22.8. The van der Waals surface area contributed by atoms with Crippen LogP contribution in [0, 0.1) is 5.92 Å². The molecule has 2 aliphatic carbocycles. The molecular formula is C31H42N4O2. The van der Waals surface area contributed by atoms with Crippen LogP contribution in [0.3, 0.4) is 0 Å². The second-order valence-electron chi connectivity index (χ2n) is 11.8. The van der Waals surface area contributed by atoms with Crippen LogP contribution in [0.1, 0.15) is 68.6 Å². The molecule has 2 aromatic rings. The molecule has 0 radical (unpaired) electrons. The molecule has 3 aliphatic rings. The van der Waals surface area contributed by atoms with Crippen molar-refractivity contribution < 1.29 is 9.59 Å². The highest BCUT2D eigenvalue weighted by molar-refractivity contribution is 5.88. The van der Waals surface area contributed by atoms with Crippen LogP contribution in [0.15, 0.2) is 48.8 Å². The fraction of sp³-hybridized carbons (Fsp3) is 0.581. The number of aryl methyl sites for hydroxylation is 1. The van der Waals surface area contributed by atoms with Gasteiger partial charge in [-0.25, -0.2) is 4.79 Å². The SMILES string of the molecule is CCc1cnccc1CC(=O)CN1CC2(CCC(c3ccccc3)(N(C)C)CC2)N(CC2CCC2)C1=O. The van der Waals surface area contributed by atoms with Gasteiger partial charge >= 0.3 is 6.03 Å². The van der Waals surface area contributed by atoms with Gasteiger partial charge < -0.3 is 9.80 Å². The van der Waals surface area contributed by atoms with Crippen LogP contribution in [0.25, 0.3) is 0 Å². The molecule has 6 nitrogen and oxygen atoms in total. The highest BCUT2D eigenvalue weighted by atomic mass is 16.2. The predicted molar refractivity (Wildman–Crippen MR) is 146 cm³/mol. The van der Waals surface area contributed by atoms with E-state index in [0.717, 1.165) is 49.8 Å². The summed E-state index contributed by atoms with van der Waals surface area (Å²) < 4.78 is 0. The van der Waals surface area contributed by atoms with Gasteiger partial charge in [0.25, 0.3) is 0 Å². The first kappa shape index (κ1) is 25.9. The number of urea groups is 1. The largest absolute Gasteiger partial charge is 0.321 e. The van der Waals surface area contributed by atoms with Crippen LogP contribution in [-0.2, 0) is 23.2 Å². The van der Waals surface area contributed by atoms with Crippen molar-refractivity contribution in [1.29, 1.82) is 0 Å². The quantitative estimate of drug-likeness (QED) is 0.481. The number of pyridine rings is 1. The third-order valence-corrected chi connectivity index (χ3v) is 9.54. The summed E-state index contributed by atoms with van der Waals surface area (Å²) in [6, 6.07) is 12.9. The molecule has 3 fully saturated rings. The van der Waals surface area contributed by atoms with Crippen LogP contribution in [0.2, 0.25) is 0 Å². The first-order valence-electron chi connectivity index (χ1n) is 14.1.